The smallest absolute Gasteiger partial charge is 0.223 e. The van der Waals surface area contributed by atoms with Gasteiger partial charge in [-0.2, -0.15) is 0 Å². The molecule has 2 aromatic carbocycles. The zero-order valence-electron chi connectivity index (χ0n) is 14.3. The summed E-state index contributed by atoms with van der Waals surface area (Å²) >= 11 is 12.1. The number of halogens is 2. The molecule has 0 aliphatic rings. The zero-order valence-corrected chi connectivity index (χ0v) is 15.8. The van der Waals surface area contributed by atoms with Crippen LogP contribution < -0.4 is 0 Å². The predicted octanol–water partition coefficient (Wildman–Crippen LogP) is 5.24. The van der Waals surface area contributed by atoms with E-state index in [0.717, 1.165) is 11.1 Å². The van der Waals surface area contributed by atoms with Crippen LogP contribution in [-0.2, 0) is 17.8 Å². The molecule has 1 aromatic heterocycles. The van der Waals surface area contributed by atoms with E-state index in [0.29, 0.717) is 41.1 Å². The summed E-state index contributed by atoms with van der Waals surface area (Å²) in [4.78, 5) is 18.3. The maximum Gasteiger partial charge on any atom is 0.223 e. The lowest BCUT2D eigenvalue weighted by molar-refractivity contribution is -0.130. The predicted molar refractivity (Wildman–Crippen MR) is 103 cm³/mol. The molecule has 0 saturated carbocycles. The number of aromatic nitrogens is 1. The van der Waals surface area contributed by atoms with Gasteiger partial charge in [0, 0.05) is 37.0 Å². The first-order chi connectivity index (χ1) is 12.5. The maximum atomic E-state index is 12.3. The fraction of sp³-hybridized carbons (Fsp3) is 0.200. The Morgan fingerprint density at radius 2 is 1.96 bits per heavy atom. The van der Waals surface area contributed by atoms with Crippen molar-refractivity contribution < 1.29 is 9.21 Å². The number of hydrogen-bond acceptors (Lipinski definition) is 3. The van der Waals surface area contributed by atoms with Crippen LogP contribution in [0.2, 0.25) is 10.0 Å². The van der Waals surface area contributed by atoms with Crippen LogP contribution in [0.5, 0.6) is 0 Å². The highest BCUT2D eigenvalue weighted by Crippen LogP contribution is 2.28. The molecule has 3 aromatic rings. The van der Waals surface area contributed by atoms with E-state index < -0.39 is 0 Å². The molecule has 0 spiro atoms. The van der Waals surface area contributed by atoms with E-state index >= 15 is 0 Å². The lowest BCUT2D eigenvalue weighted by atomic mass is 10.2. The summed E-state index contributed by atoms with van der Waals surface area (Å²) in [6.45, 7) is 0.510. The van der Waals surface area contributed by atoms with Crippen LogP contribution in [0.1, 0.15) is 17.9 Å². The number of aryl methyl sites for hydroxylation is 1. The molecule has 1 heterocycles. The van der Waals surface area contributed by atoms with Crippen LogP contribution in [-0.4, -0.2) is 22.8 Å². The Labute approximate surface area is 162 Å². The minimum Gasteiger partial charge on any atom is -0.441 e. The van der Waals surface area contributed by atoms with Crippen molar-refractivity contribution in [3.8, 4) is 11.3 Å². The van der Waals surface area contributed by atoms with Gasteiger partial charge >= 0.3 is 0 Å². The standard InChI is InChI=1S/C20H18Cl2N2O2/c1-24(13-14-5-4-6-15(21)11-14)20(25)10-9-19-23-12-18(26-19)16-7-2-3-8-17(16)22/h2-8,11-12H,9-10,13H2,1H3. The van der Waals surface area contributed by atoms with E-state index in [1.807, 2.05) is 42.5 Å². The van der Waals surface area contributed by atoms with Crippen LogP contribution in [0.25, 0.3) is 11.3 Å². The van der Waals surface area contributed by atoms with Gasteiger partial charge in [0.2, 0.25) is 5.91 Å². The fourth-order valence-corrected chi connectivity index (χ4v) is 3.06. The van der Waals surface area contributed by atoms with E-state index in [1.165, 1.54) is 0 Å². The topological polar surface area (TPSA) is 46.3 Å². The second-order valence-corrected chi connectivity index (χ2v) is 6.82. The van der Waals surface area contributed by atoms with Gasteiger partial charge in [0.05, 0.1) is 11.2 Å². The molecular weight excluding hydrogens is 371 g/mol. The van der Waals surface area contributed by atoms with Gasteiger partial charge in [-0.1, -0.05) is 47.5 Å². The first kappa shape index (κ1) is 18.5. The SMILES string of the molecule is CN(Cc1cccc(Cl)c1)C(=O)CCc1ncc(-c2ccccc2Cl)o1. The lowest BCUT2D eigenvalue weighted by Gasteiger charge is -2.17. The van der Waals surface area contributed by atoms with Gasteiger partial charge < -0.3 is 9.32 Å². The van der Waals surface area contributed by atoms with Crippen molar-refractivity contribution in [1.82, 2.24) is 9.88 Å². The minimum absolute atomic E-state index is 0.0162. The third-order valence-electron chi connectivity index (χ3n) is 3.98. The summed E-state index contributed by atoms with van der Waals surface area (Å²) in [5.74, 6) is 1.14. The fourth-order valence-electron chi connectivity index (χ4n) is 2.61. The van der Waals surface area contributed by atoms with Crippen molar-refractivity contribution in [1.29, 1.82) is 0 Å². The Kier molecular flexibility index (Phi) is 5.96. The first-order valence-electron chi connectivity index (χ1n) is 8.21. The van der Waals surface area contributed by atoms with Gasteiger partial charge in [-0.3, -0.25) is 4.79 Å². The summed E-state index contributed by atoms with van der Waals surface area (Å²) in [6, 6.07) is 14.9. The van der Waals surface area contributed by atoms with Crippen molar-refractivity contribution in [2.45, 2.75) is 19.4 Å². The second kappa shape index (κ2) is 8.39. The van der Waals surface area contributed by atoms with Crippen LogP contribution >= 0.6 is 23.2 Å². The van der Waals surface area contributed by atoms with Gasteiger partial charge in [-0.25, -0.2) is 4.98 Å². The normalized spacial score (nSPS) is 10.7. The monoisotopic (exact) mass is 388 g/mol. The molecular formula is C20H18Cl2N2O2. The van der Waals surface area contributed by atoms with E-state index in [4.69, 9.17) is 27.6 Å². The summed E-state index contributed by atoms with van der Waals surface area (Å²) in [5, 5.41) is 1.27. The third-order valence-corrected chi connectivity index (χ3v) is 4.54. The average molecular weight is 389 g/mol. The molecule has 0 aliphatic carbocycles. The van der Waals surface area contributed by atoms with Crippen molar-refractivity contribution in [3.63, 3.8) is 0 Å². The Bertz CT molecular complexity index is 908. The first-order valence-corrected chi connectivity index (χ1v) is 8.96. The van der Waals surface area contributed by atoms with Crippen molar-refractivity contribution >= 4 is 29.1 Å². The van der Waals surface area contributed by atoms with E-state index in [9.17, 15) is 4.79 Å². The Hall–Kier alpha value is -2.30. The molecule has 0 saturated heterocycles. The highest BCUT2D eigenvalue weighted by Gasteiger charge is 2.13. The van der Waals surface area contributed by atoms with E-state index in [2.05, 4.69) is 4.98 Å². The van der Waals surface area contributed by atoms with Crippen LogP contribution in [0.3, 0.4) is 0 Å². The Balaban J connectivity index is 1.57. The summed E-state index contributed by atoms with van der Waals surface area (Å²) in [5.41, 5.74) is 1.78. The van der Waals surface area contributed by atoms with Crippen LogP contribution in [0.4, 0.5) is 0 Å². The molecule has 0 aliphatic heterocycles. The molecule has 0 bridgehead atoms. The molecule has 134 valence electrons. The summed E-state index contributed by atoms with van der Waals surface area (Å²) in [7, 11) is 1.77. The number of oxazole rings is 1. The Morgan fingerprint density at radius 1 is 1.15 bits per heavy atom. The van der Waals surface area contributed by atoms with E-state index in [-0.39, 0.29) is 5.91 Å². The summed E-state index contributed by atoms with van der Waals surface area (Å²) in [6.07, 6.45) is 2.39. The van der Waals surface area contributed by atoms with Crippen LogP contribution in [0, 0.1) is 0 Å². The van der Waals surface area contributed by atoms with Crippen molar-refractivity contribution in [2.75, 3.05) is 7.05 Å². The number of benzene rings is 2. The minimum atomic E-state index is 0.0162. The maximum absolute atomic E-state index is 12.3. The number of amides is 1. The van der Waals surface area contributed by atoms with Crippen molar-refractivity contribution in [3.05, 3.63) is 76.2 Å². The number of rotatable bonds is 6. The molecule has 1 amide bonds. The number of carbonyl (C=O) groups excluding carboxylic acids is 1. The number of carbonyl (C=O) groups is 1. The van der Waals surface area contributed by atoms with Crippen molar-refractivity contribution in [2.24, 2.45) is 0 Å². The highest BCUT2D eigenvalue weighted by atomic mass is 35.5. The van der Waals surface area contributed by atoms with Crippen LogP contribution in [0.15, 0.2) is 59.1 Å². The molecule has 0 fully saturated rings. The molecule has 6 heteroatoms. The lowest BCUT2D eigenvalue weighted by Crippen LogP contribution is -2.26. The molecule has 0 unspecified atom stereocenters. The molecule has 3 rings (SSSR count). The number of nitrogens with zero attached hydrogens (tertiary/aromatic N) is 2. The largest absolute Gasteiger partial charge is 0.441 e. The number of hydrogen-bond donors (Lipinski definition) is 0. The quantitative estimate of drug-likeness (QED) is 0.579. The van der Waals surface area contributed by atoms with Gasteiger partial charge in [-0.15, -0.1) is 0 Å². The summed E-state index contributed by atoms with van der Waals surface area (Å²) < 4.78 is 5.73. The molecule has 26 heavy (non-hydrogen) atoms. The Morgan fingerprint density at radius 3 is 2.73 bits per heavy atom. The molecule has 4 nitrogen and oxygen atoms in total. The zero-order chi connectivity index (χ0) is 18.5. The van der Waals surface area contributed by atoms with Gasteiger partial charge in [0.1, 0.15) is 0 Å². The van der Waals surface area contributed by atoms with E-state index in [1.54, 1.807) is 24.2 Å². The average Bonchev–Trinajstić information content (AvgIpc) is 3.09. The van der Waals surface area contributed by atoms with Gasteiger partial charge in [0.15, 0.2) is 11.7 Å². The van der Waals surface area contributed by atoms with Gasteiger partial charge in [-0.05, 0) is 29.8 Å². The molecule has 0 atom stereocenters. The highest BCUT2D eigenvalue weighted by molar-refractivity contribution is 6.33. The third kappa shape index (κ3) is 4.65. The molecule has 0 radical (unpaired) electrons. The molecule has 0 N–H and O–H groups in total. The second-order valence-electron chi connectivity index (χ2n) is 5.98. The van der Waals surface area contributed by atoms with Gasteiger partial charge in [0.25, 0.3) is 0 Å².